The average Bonchev–Trinajstić information content (AvgIpc) is 2.96. The van der Waals surface area contributed by atoms with Crippen molar-refractivity contribution in [1.82, 2.24) is 9.61 Å². The van der Waals surface area contributed by atoms with Crippen molar-refractivity contribution >= 4 is 39.0 Å². The molecule has 28 heavy (non-hydrogen) atoms. The summed E-state index contributed by atoms with van der Waals surface area (Å²) in [4.78, 5) is 12.2. The SMILES string of the molecule is CC(C)(C)OC(=O)Nc1cnn2c3c(F)cc(F)cc3c3cccc(F)c3c12. The molecule has 5 nitrogen and oxygen atoms in total. The van der Waals surface area contributed by atoms with Gasteiger partial charge in [-0.25, -0.2) is 22.5 Å². The van der Waals surface area contributed by atoms with Crippen LogP contribution >= 0.6 is 0 Å². The number of pyridine rings is 1. The van der Waals surface area contributed by atoms with Crippen molar-refractivity contribution in [3.63, 3.8) is 0 Å². The summed E-state index contributed by atoms with van der Waals surface area (Å²) in [7, 11) is 0. The number of hydrogen-bond acceptors (Lipinski definition) is 3. The zero-order valence-corrected chi connectivity index (χ0v) is 15.3. The van der Waals surface area contributed by atoms with Crippen LogP contribution in [0.25, 0.3) is 27.2 Å². The van der Waals surface area contributed by atoms with Crippen molar-refractivity contribution in [2.45, 2.75) is 26.4 Å². The van der Waals surface area contributed by atoms with Gasteiger partial charge in [0.05, 0.1) is 11.9 Å². The molecule has 4 rings (SSSR count). The van der Waals surface area contributed by atoms with Gasteiger partial charge in [-0.1, -0.05) is 12.1 Å². The van der Waals surface area contributed by atoms with Gasteiger partial charge >= 0.3 is 6.09 Å². The summed E-state index contributed by atoms with van der Waals surface area (Å²) >= 11 is 0. The van der Waals surface area contributed by atoms with Crippen LogP contribution in [0.1, 0.15) is 20.8 Å². The minimum Gasteiger partial charge on any atom is -0.444 e. The molecule has 0 bridgehead atoms. The molecule has 0 unspecified atom stereocenters. The van der Waals surface area contributed by atoms with Crippen LogP contribution in [0.2, 0.25) is 0 Å². The molecule has 2 heterocycles. The number of halogens is 3. The maximum absolute atomic E-state index is 14.7. The lowest BCUT2D eigenvalue weighted by Gasteiger charge is -2.19. The molecule has 0 spiro atoms. The van der Waals surface area contributed by atoms with Gasteiger partial charge in [0, 0.05) is 16.8 Å². The van der Waals surface area contributed by atoms with Crippen molar-refractivity contribution in [3.8, 4) is 0 Å². The van der Waals surface area contributed by atoms with Crippen molar-refractivity contribution < 1.29 is 22.7 Å². The topological polar surface area (TPSA) is 55.6 Å². The fourth-order valence-electron chi connectivity index (χ4n) is 3.24. The highest BCUT2D eigenvalue weighted by atomic mass is 19.1. The molecule has 4 aromatic rings. The van der Waals surface area contributed by atoms with Crippen LogP contribution in [0.3, 0.4) is 0 Å². The molecule has 0 atom stereocenters. The Labute approximate surface area is 157 Å². The molecule has 1 amide bonds. The second kappa shape index (κ2) is 6.12. The standard InChI is InChI=1S/C20H16F3N3O2/c1-20(2,3)28-19(27)25-15-9-24-26-17-12(7-10(21)8-14(17)23)11-5-4-6-13(22)16(11)18(15)26/h4-9H,1-3H3,(H,25,27). The molecule has 0 aliphatic carbocycles. The summed E-state index contributed by atoms with van der Waals surface area (Å²) in [6.07, 6.45) is 0.513. The molecule has 0 saturated carbocycles. The van der Waals surface area contributed by atoms with Crippen LogP contribution in [-0.4, -0.2) is 21.3 Å². The molecular formula is C20H16F3N3O2. The number of nitrogens with zero attached hydrogens (tertiary/aromatic N) is 2. The number of ether oxygens (including phenoxy) is 1. The first-order valence-electron chi connectivity index (χ1n) is 8.52. The fraction of sp³-hybridized carbons (Fsp3) is 0.200. The van der Waals surface area contributed by atoms with E-state index in [2.05, 4.69) is 10.4 Å². The highest BCUT2D eigenvalue weighted by Crippen LogP contribution is 2.36. The maximum Gasteiger partial charge on any atom is 0.412 e. The number of anilines is 1. The molecular weight excluding hydrogens is 371 g/mol. The lowest BCUT2D eigenvalue weighted by molar-refractivity contribution is 0.0636. The number of nitrogens with one attached hydrogen (secondary N) is 1. The van der Waals surface area contributed by atoms with Gasteiger partial charge in [-0.15, -0.1) is 0 Å². The maximum atomic E-state index is 14.7. The number of benzene rings is 2. The Bertz CT molecular complexity index is 1260. The molecule has 2 aromatic heterocycles. The minimum absolute atomic E-state index is 0.0215. The van der Waals surface area contributed by atoms with Crippen molar-refractivity contribution in [1.29, 1.82) is 0 Å². The normalized spacial score (nSPS) is 12.1. The first kappa shape index (κ1) is 18.1. The van der Waals surface area contributed by atoms with E-state index in [9.17, 15) is 18.0 Å². The molecule has 0 saturated heterocycles. The lowest BCUT2D eigenvalue weighted by atomic mass is 10.0. The molecule has 0 aliphatic heterocycles. The van der Waals surface area contributed by atoms with Crippen LogP contribution in [0, 0.1) is 17.5 Å². The van der Waals surface area contributed by atoms with Crippen LogP contribution in [0.15, 0.2) is 36.5 Å². The van der Waals surface area contributed by atoms with Crippen molar-refractivity contribution in [2.75, 3.05) is 5.32 Å². The first-order chi connectivity index (χ1) is 13.2. The third-order valence-electron chi connectivity index (χ3n) is 4.19. The molecule has 0 aliphatic rings. The zero-order chi connectivity index (χ0) is 20.2. The Balaban J connectivity index is 2.06. The van der Waals surface area contributed by atoms with Crippen molar-refractivity contribution in [3.05, 3.63) is 54.0 Å². The van der Waals surface area contributed by atoms with Gasteiger partial charge in [-0.05, 0) is 38.3 Å². The number of aromatic nitrogens is 2. The summed E-state index contributed by atoms with van der Waals surface area (Å²) in [5.41, 5.74) is -0.463. The van der Waals surface area contributed by atoms with Gasteiger partial charge in [0.25, 0.3) is 0 Å². The van der Waals surface area contributed by atoms with Gasteiger partial charge in [0.1, 0.15) is 28.3 Å². The quantitative estimate of drug-likeness (QED) is 0.445. The Morgan fingerprint density at radius 1 is 1.07 bits per heavy atom. The monoisotopic (exact) mass is 387 g/mol. The van der Waals surface area contributed by atoms with E-state index in [0.717, 1.165) is 16.6 Å². The predicted octanol–water partition coefficient (Wildman–Crippen LogP) is 5.41. The average molecular weight is 387 g/mol. The van der Waals surface area contributed by atoms with E-state index in [1.54, 1.807) is 26.8 Å². The van der Waals surface area contributed by atoms with Gasteiger partial charge in [0.2, 0.25) is 0 Å². The predicted molar refractivity (Wildman–Crippen MR) is 99.9 cm³/mol. The largest absolute Gasteiger partial charge is 0.444 e. The van der Waals surface area contributed by atoms with Crippen molar-refractivity contribution in [2.24, 2.45) is 0 Å². The lowest BCUT2D eigenvalue weighted by Crippen LogP contribution is -2.27. The second-order valence-electron chi connectivity index (χ2n) is 7.39. The number of rotatable bonds is 1. The van der Waals surface area contributed by atoms with Crippen LogP contribution in [0.4, 0.5) is 23.7 Å². The Morgan fingerprint density at radius 3 is 2.54 bits per heavy atom. The summed E-state index contributed by atoms with van der Waals surface area (Å²) in [5.74, 6) is -2.24. The van der Waals surface area contributed by atoms with Gasteiger partial charge in [0.15, 0.2) is 5.82 Å². The fourth-order valence-corrected chi connectivity index (χ4v) is 3.24. The van der Waals surface area contributed by atoms with Gasteiger partial charge < -0.3 is 4.74 Å². The number of hydrogen-bond donors (Lipinski definition) is 1. The summed E-state index contributed by atoms with van der Waals surface area (Å²) in [5, 5.41) is 7.18. The van der Waals surface area contributed by atoms with Gasteiger partial charge in [-0.3, -0.25) is 5.32 Å². The van der Waals surface area contributed by atoms with Crippen LogP contribution in [0.5, 0.6) is 0 Å². The zero-order valence-electron chi connectivity index (χ0n) is 15.3. The smallest absolute Gasteiger partial charge is 0.412 e. The Kier molecular flexibility index (Phi) is 3.95. The number of carbonyl (C=O) groups is 1. The van der Waals surface area contributed by atoms with E-state index >= 15 is 0 Å². The van der Waals surface area contributed by atoms with Crippen LogP contribution < -0.4 is 5.32 Å². The summed E-state index contributed by atoms with van der Waals surface area (Å²) in [6.45, 7) is 5.11. The first-order valence-corrected chi connectivity index (χ1v) is 8.52. The van der Waals surface area contributed by atoms with E-state index < -0.39 is 29.1 Å². The third-order valence-corrected chi connectivity index (χ3v) is 4.19. The van der Waals surface area contributed by atoms with Crippen LogP contribution in [-0.2, 0) is 4.74 Å². The molecule has 8 heteroatoms. The second-order valence-corrected chi connectivity index (χ2v) is 7.39. The van der Waals surface area contributed by atoms with Gasteiger partial charge in [-0.2, -0.15) is 5.10 Å². The Morgan fingerprint density at radius 2 is 1.82 bits per heavy atom. The molecule has 144 valence electrons. The number of carbonyl (C=O) groups excluding carboxylic acids is 1. The Hall–Kier alpha value is -3.29. The van der Waals surface area contributed by atoms with E-state index in [4.69, 9.17) is 4.74 Å². The summed E-state index contributed by atoms with van der Waals surface area (Å²) < 4.78 is 49.5. The third kappa shape index (κ3) is 2.90. The van der Waals surface area contributed by atoms with E-state index in [-0.39, 0.29) is 27.5 Å². The summed E-state index contributed by atoms with van der Waals surface area (Å²) in [6, 6.07) is 6.10. The number of fused-ring (bicyclic) bond motifs is 6. The van der Waals surface area contributed by atoms with E-state index in [0.29, 0.717) is 5.39 Å². The highest BCUT2D eigenvalue weighted by Gasteiger charge is 2.22. The molecule has 2 aromatic carbocycles. The minimum atomic E-state index is -0.849. The molecule has 1 N–H and O–H groups in total. The number of amides is 1. The molecule has 0 radical (unpaired) electrons. The van der Waals surface area contributed by atoms with E-state index in [1.807, 2.05) is 0 Å². The van der Waals surface area contributed by atoms with E-state index in [1.165, 1.54) is 18.3 Å². The molecule has 0 fully saturated rings. The highest BCUT2D eigenvalue weighted by molar-refractivity contribution is 6.16.